The number of carbonyl (C=O) groups excluding carboxylic acids is 1. The second-order valence-electron chi connectivity index (χ2n) is 2.85. The molecule has 0 aliphatic carbocycles. The molecule has 0 heterocycles. The Bertz CT molecular complexity index is 128. The minimum absolute atomic E-state index is 0.263. The van der Waals surface area contributed by atoms with Gasteiger partial charge in [0, 0.05) is 32.7 Å². The van der Waals surface area contributed by atoms with E-state index in [0.717, 1.165) is 13.0 Å². The zero-order valence-electron chi connectivity index (χ0n) is 7.80. The first kappa shape index (κ1) is 11.4. The molecule has 4 nitrogen and oxygen atoms in total. The SMILES string of the molecule is COCCC(C)NCCC(N)=O. The van der Waals surface area contributed by atoms with Crippen LogP contribution in [-0.4, -0.2) is 32.2 Å². The molecule has 0 bridgehead atoms. The lowest BCUT2D eigenvalue weighted by Crippen LogP contribution is -2.30. The summed E-state index contributed by atoms with van der Waals surface area (Å²) in [5.74, 6) is -0.263. The van der Waals surface area contributed by atoms with E-state index in [9.17, 15) is 4.79 Å². The number of nitrogens with two attached hydrogens (primary N) is 1. The molecule has 72 valence electrons. The summed E-state index contributed by atoms with van der Waals surface area (Å²) >= 11 is 0. The fraction of sp³-hybridized carbons (Fsp3) is 0.875. The van der Waals surface area contributed by atoms with Crippen LogP contribution in [0.15, 0.2) is 0 Å². The fourth-order valence-electron chi connectivity index (χ4n) is 0.838. The molecule has 0 aliphatic rings. The van der Waals surface area contributed by atoms with Gasteiger partial charge in [-0.25, -0.2) is 0 Å². The molecular weight excluding hydrogens is 156 g/mol. The number of rotatable bonds is 7. The number of hydrogen-bond donors (Lipinski definition) is 2. The second kappa shape index (κ2) is 7.06. The molecular formula is C8H18N2O2. The van der Waals surface area contributed by atoms with Gasteiger partial charge >= 0.3 is 0 Å². The Hall–Kier alpha value is -0.610. The predicted octanol–water partition coefficient (Wildman–Crippen LogP) is -0.124. The van der Waals surface area contributed by atoms with Gasteiger partial charge in [-0.2, -0.15) is 0 Å². The molecule has 0 fully saturated rings. The van der Waals surface area contributed by atoms with Crippen molar-refractivity contribution in [2.45, 2.75) is 25.8 Å². The first-order valence-corrected chi connectivity index (χ1v) is 4.17. The van der Waals surface area contributed by atoms with Gasteiger partial charge in [-0.15, -0.1) is 0 Å². The summed E-state index contributed by atoms with van der Waals surface area (Å²) in [6.45, 7) is 3.45. The molecule has 0 aliphatic heterocycles. The summed E-state index contributed by atoms with van der Waals surface area (Å²) in [6.07, 6.45) is 1.35. The number of carbonyl (C=O) groups is 1. The zero-order chi connectivity index (χ0) is 9.40. The lowest BCUT2D eigenvalue weighted by molar-refractivity contribution is -0.117. The van der Waals surface area contributed by atoms with Crippen LogP contribution in [0.1, 0.15) is 19.8 Å². The molecule has 0 rings (SSSR count). The second-order valence-corrected chi connectivity index (χ2v) is 2.85. The highest BCUT2D eigenvalue weighted by Crippen LogP contribution is 1.90. The van der Waals surface area contributed by atoms with Crippen LogP contribution in [0.4, 0.5) is 0 Å². The maximum atomic E-state index is 10.4. The van der Waals surface area contributed by atoms with Gasteiger partial charge in [-0.3, -0.25) is 4.79 Å². The molecule has 0 saturated carbocycles. The summed E-state index contributed by atoms with van der Waals surface area (Å²) in [4.78, 5) is 10.4. The zero-order valence-corrected chi connectivity index (χ0v) is 7.80. The van der Waals surface area contributed by atoms with Crippen LogP contribution in [0.5, 0.6) is 0 Å². The van der Waals surface area contributed by atoms with Gasteiger partial charge in [0.05, 0.1) is 0 Å². The largest absolute Gasteiger partial charge is 0.385 e. The summed E-state index contributed by atoms with van der Waals surface area (Å²) in [5, 5.41) is 3.17. The van der Waals surface area contributed by atoms with E-state index in [1.807, 2.05) is 0 Å². The van der Waals surface area contributed by atoms with E-state index in [-0.39, 0.29) is 5.91 Å². The van der Waals surface area contributed by atoms with E-state index < -0.39 is 0 Å². The van der Waals surface area contributed by atoms with Gasteiger partial charge in [-0.1, -0.05) is 0 Å². The Labute approximate surface area is 73.5 Å². The molecule has 0 saturated heterocycles. The lowest BCUT2D eigenvalue weighted by atomic mass is 10.2. The van der Waals surface area contributed by atoms with Crippen molar-refractivity contribution in [1.82, 2.24) is 5.32 Å². The van der Waals surface area contributed by atoms with Gasteiger partial charge < -0.3 is 15.8 Å². The summed E-state index contributed by atoms with van der Waals surface area (Å²) < 4.78 is 4.91. The summed E-state index contributed by atoms with van der Waals surface area (Å²) in [5.41, 5.74) is 4.98. The first-order valence-electron chi connectivity index (χ1n) is 4.17. The molecule has 3 N–H and O–H groups in total. The van der Waals surface area contributed by atoms with Crippen LogP contribution in [0.25, 0.3) is 0 Å². The van der Waals surface area contributed by atoms with Crippen molar-refractivity contribution in [2.75, 3.05) is 20.3 Å². The Morgan fingerprint density at radius 1 is 1.67 bits per heavy atom. The Kier molecular flexibility index (Phi) is 6.70. The molecule has 1 amide bonds. The molecule has 0 aromatic rings. The predicted molar refractivity (Wildman–Crippen MR) is 47.8 cm³/mol. The summed E-state index contributed by atoms with van der Waals surface area (Å²) in [6, 6.07) is 0.379. The molecule has 1 atom stereocenters. The van der Waals surface area contributed by atoms with Crippen molar-refractivity contribution in [3.05, 3.63) is 0 Å². The van der Waals surface area contributed by atoms with Crippen LogP contribution >= 0.6 is 0 Å². The Morgan fingerprint density at radius 2 is 2.33 bits per heavy atom. The van der Waals surface area contributed by atoms with Crippen molar-refractivity contribution in [1.29, 1.82) is 0 Å². The topological polar surface area (TPSA) is 64.3 Å². The first-order chi connectivity index (χ1) is 5.66. The molecule has 0 spiro atoms. The molecule has 0 radical (unpaired) electrons. The van der Waals surface area contributed by atoms with Gasteiger partial charge in [0.1, 0.15) is 0 Å². The van der Waals surface area contributed by atoms with Crippen molar-refractivity contribution < 1.29 is 9.53 Å². The lowest BCUT2D eigenvalue weighted by Gasteiger charge is -2.11. The van der Waals surface area contributed by atoms with Crippen LogP contribution in [-0.2, 0) is 9.53 Å². The van der Waals surface area contributed by atoms with Crippen LogP contribution < -0.4 is 11.1 Å². The van der Waals surface area contributed by atoms with Crippen molar-refractivity contribution in [2.24, 2.45) is 5.73 Å². The van der Waals surface area contributed by atoms with Crippen molar-refractivity contribution in [3.8, 4) is 0 Å². The summed E-state index contributed by atoms with van der Waals surface area (Å²) in [7, 11) is 1.68. The maximum Gasteiger partial charge on any atom is 0.218 e. The van der Waals surface area contributed by atoms with Crippen molar-refractivity contribution in [3.63, 3.8) is 0 Å². The van der Waals surface area contributed by atoms with E-state index in [0.29, 0.717) is 19.0 Å². The van der Waals surface area contributed by atoms with Crippen LogP contribution in [0.3, 0.4) is 0 Å². The molecule has 1 unspecified atom stereocenters. The van der Waals surface area contributed by atoms with E-state index in [1.165, 1.54) is 0 Å². The minimum atomic E-state index is -0.263. The molecule has 12 heavy (non-hydrogen) atoms. The van der Waals surface area contributed by atoms with Crippen molar-refractivity contribution >= 4 is 5.91 Å². The average Bonchev–Trinajstić information content (AvgIpc) is 2.00. The third kappa shape index (κ3) is 7.50. The van der Waals surface area contributed by atoms with E-state index >= 15 is 0 Å². The highest BCUT2D eigenvalue weighted by molar-refractivity contribution is 5.73. The third-order valence-electron chi connectivity index (χ3n) is 1.62. The van der Waals surface area contributed by atoms with Crippen LogP contribution in [0.2, 0.25) is 0 Å². The molecule has 4 heteroatoms. The minimum Gasteiger partial charge on any atom is -0.385 e. The number of nitrogens with one attached hydrogen (secondary N) is 1. The van der Waals surface area contributed by atoms with Gasteiger partial charge in [-0.05, 0) is 13.3 Å². The third-order valence-corrected chi connectivity index (χ3v) is 1.62. The van der Waals surface area contributed by atoms with Gasteiger partial charge in [0.25, 0.3) is 0 Å². The molecule has 0 aromatic carbocycles. The van der Waals surface area contributed by atoms with E-state index in [1.54, 1.807) is 7.11 Å². The number of hydrogen-bond acceptors (Lipinski definition) is 3. The van der Waals surface area contributed by atoms with Crippen LogP contribution in [0, 0.1) is 0 Å². The molecule has 0 aromatic heterocycles. The number of methoxy groups -OCH3 is 1. The average molecular weight is 174 g/mol. The quantitative estimate of drug-likeness (QED) is 0.565. The maximum absolute atomic E-state index is 10.4. The smallest absolute Gasteiger partial charge is 0.218 e. The van der Waals surface area contributed by atoms with E-state index in [2.05, 4.69) is 12.2 Å². The highest BCUT2D eigenvalue weighted by Gasteiger charge is 2.00. The Balaban J connectivity index is 3.19. The standard InChI is InChI=1S/C8H18N2O2/c1-7(4-6-12-2)10-5-3-8(9)11/h7,10H,3-6H2,1-2H3,(H2,9,11). The van der Waals surface area contributed by atoms with Gasteiger partial charge in [0.2, 0.25) is 5.91 Å². The fourth-order valence-corrected chi connectivity index (χ4v) is 0.838. The van der Waals surface area contributed by atoms with E-state index in [4.69, 9.17) is 10.5 Å². The number of ether oxygens (including phenoxy) is 1. The number of primary amides is 1. The highest BCUT2D eigenvalue weighted by atomic mass is 16.5. The monoisotopic (exact) mass is 174 g/mol. The number of amides is 1. The van der Waals surface area contributed by atoms with Gasteiger partial charge in [0.15, 0.2) is 0 Å². The Morgan fingerprint density at radius 3 is 2.83 bits per heavy atom. The normalized spacial score (nSPS) is 12.8.